The van der Waals surface area contributed by atoms with Crippen LogP contribution in [0.15, 0.2) is 77.3 Å². The quantitative estimate of drug-likeness (QED) is 0.183. The Balaban J connectivity index is 1.66. The van der Waals surface area contributed by atoms with E-state index in [0.29, 0.717) is 11.1 Å². The fourth-order valence-electron chi connectivity index (χ4n) is 7.75. The van der Waals surface area contributed by atoms with Gasteiger partial charge in [-0.25, -0.2) is 0 Å². The molecular formula is C47H51N3O. The van der Waals surface area contributed by atoms with Gasteiger partial charge < -0.3 is 8.98 Å². The molecule has 7 rings (SSSR count). The number of rotatable bonds is 2. The van der Waals surface area contributed by atoms with Crippen LogP contribution in [-0.2, 0) is 21.7 Å². The van der Waals surface area contributed by atoms with Crippen molar-refractivity contribution in [2.75, 3.05) is 0 Å². The number of hydrogen-bond donors (Lipinski definition) is 0. The number of benzene rings is 4. The molecule has 0 saturated heterocycles. The smallest absolute Gasteiger partial charge is 0.160 e. The van der Waals surface area contributed by atoms with Crippen LogP contribution >= 0.6 is 0 Å². The van der Waals surface area contributed by atoms with Crippen LogP contribution in [0.5, 0.6) is 0 Å². The average Bonchev–Trinajstić information content (AvgIpc) is 3.57. The minimum atomic E-state index is -0.156. The van der Waals surface area contributed by atoms with E-state index in [0.717, 1.165) is 55.1 Å². The van der Waals surface area contributed by atoms with Gasteiger partial charge in [-0.15, -0.1) is 0 Å². The summed E-state index contributed by atoms with van der Waals surface area (Å²) in [6.45, 7) is 29.1. The van der Waals surface area contributed by atoms with Crippen LogP contribution in [0.4, 0.5) is 0 Å². The second-order valence-electron chi connectivity index (χ2n) is 18.6. The normalized spacial score (nSPS) is 13.2. The molecule has 0 radical (unpaired) electrons. The van der Waals surface area contributed by atoms with Gasteiger partial charge in [0.1, 0.15) is 17.3 Å². The summed E-state index contributed by atoms with van der Waals surface area (Å²) < 4.78 is 9.49. The molecule has 7 aromatic rings. The van der Waals surface area contributed by atoms with Gasteiger partial charge in [0.2, 0.25) is 0 Å². The summed E-state index contributed by atoms with van der Waals surface area (Å²) in [5.41, 5.74) is 12.7. The summed E-state index contributed by atoms with van der Waals surface area (Å²) in [6, 6.07) is 26.8. The van der Waals surface area contributed by atoms with Gasteiger partial charge in [-0.1, -0.05) is 113 Å². The topological polar surface area (TPSA) is 54.8 Å². The second kappa shape index (κ2) is 11.3. The van der Waals surface area contributed by atoms with Crippen LogP contribution < -0.4 is 0 Å². The summed E-state index contributed by atoms with van der Waals surface area (Å²) in [5.74, 6) is 0. The molecule has 0 saturated carbocycles. The molecule has 3 heterocycles. The van der Waals surface area contributed by atoms with Crippen LogP contribution in [0.3, 0.4) is 0 Å². The SMILES string of the molecule is Cc1cc(-c2ccc(C(C)(C)C)c3c2oc2c(-n4c5cc(C(C)(C)C)ccc5c5ccc(C(C)(C)C)cc54)c(C#N)ccc23)ncc1C(C)(C)C. The molecule has 0 amide bonds. The van der Waals surface area contributed by atoms with E-state index in [1.54, 1.807) is 0 Å². The lowest BCUT2D eigenvalue weighted by Crippen LogP contribution is -2.13. The van der Waals surface area contributed by atoms with Crippen molar-refractivity contribution in [2.45, 2.75) is 112 Å². The lowest BCUT2D eigenvalue weighted by molar-refractivity contribution is 0.583. The van der Waals surface area contributed by atoms with Crippen LogP contribution in [-0.4, -0.2) is 9.55 Å². The number of pyridine rings is 1. The van der Waals surface area contributed by atoms with Gasteiger partial charge in [-0.3, -0.25) is 4.98 Å². The number of hydrogen-bond acceptors (Lipinski definition) is 3. The molecule has 4 aromatic carbocycles. The van der Waals surface area contributed by atoms with E-state index < -0.39 is 0 Å². The zero-order chi connectivity index (χ0) is 37.0. The Morgan fingerprint density at radius 2 is 1.16 bits per heavy atom. The molecule has 51 heavy (non-hydrogen) atoms. The van der Waals surface area contributed by atoms with Gasteiger partial charge in [-0.05, 0) is 92.8 Å². The maximum atomic E-state index is 10.8. The molecule has 0 aliphatic carbocycles. The highest BCUT2D eigenvalue weighted by Gasteiger charge is 2.29. The molecule has 0 N–H and O–H groups in total. The highest BCUT2D eigenvalue weighted by molar-refractivity contribution is 6.16. The maximum absolute atomic E-state index is 10.8. The molecule has 4 nitrogen and oxygen atoms in total. The van der Waals surface area contributed by atoms with E-state index in [-0.39, 0.29) is 21.7 Å². The van der Waals surface area contributed by atoms with Crippen molar-refractivity contribution in [1.29, 1.82) is 5.26 Å². The van der Waals surface area contributed by atoms with Gasteiger partial charge in [-0.2, -0.15) is 5.26 Å². The molecule has 0 unspecified atom stereocenters. The first-order chi connectivity index (χ1) is 23.7. The predicted molar refractivity (Wildman–Crippen MR) is 216 cm³/mol. The van der Waals surface area contributed by atoms with E-state index >= 15 is 0 Å². The molecular weight excluding hydrogens is 623 g/mol. The summed E-state index contributed by atoms with van der Waals surface area (Å²) in [6.07, 6.45) is 2.02. The predicted octanol–water partition coefficient (Wildman–Crippen LogP) is 13.1. The highest BCUT2D eigenvalue weighted by Crippen LogP contribution is 2.46. The number of aryl methyl sites for hydroxylation is 1. The van der Waals surface area contributed by atoms with Crippen LogP contribution in [0.25, 0.3) is 60.7 Å². The molecule has 0 atom stereocenters. The summed E-state index contributed by atoms with van der Waals surface area (Å²) >= 11 is 0. The molecule has 0 bridgehead atoms. The summed E-state index contributed by atoms with van der Waals surface area (Å²) in [5, 5.41) is 15.2. The minimum absolute atomic E-state index is 0.00892. The van der Waals surface area contributed by atoms with Crippen molar-refractivity contribution in [3.63, 3.8) is 0 Å². The van der Waals surface area contributed by atoms with Crippen molar-refractivity contribution < 1.29 is 4.42 Å². The second-order valence-corrected chi connectivity index (χ2v) is 18.6. The van der Waals surface area contributed by atoms with E-state index in [1.165, 1.54) is 27.8 Å². The first-order valence-corrected chi connectivity index (χ1v) is 18.2. The zero-order valence-electron chi connectivity index (χ0n) is 32.7. The molecule has 4 heteroatoms. The third kappa shape index (κ3) is 5.63. The Labute approximate surface area is 303 Å². The first-order valence-electron chi connectivity index (χ1n) is 18.2. The highest BCUT2D eigenvalue weighted by atomic mass is 16.3. The van der Waals surface area contributed by atoms with Gasteiger partial charge in [0.05, 0.1) is 22.3 Å². The monoisotopic (exact) mass is 673 g/mol. The fraction of sp³-hybridized carbons (Fsp3) is 0.362. The van der Waals surface area contributed by atoms with Gasteiger partial charge in [0.15, 0.2) is 5.58 Å². The Hall–Kier alpha value is -4.88. The zero-order valence-corrected chi connectivity index (χ0v) is 32.7. The summed E-state index contributed by atoms with van der Waals surface area (Å²) in [7, 11) is 0. The Kier molecular flexibility index (Phi) is 7.67. The molecule has 0 aliphatic heterocycles. The number of aromatic nitrogens is 2. The average molecular weight is 674 g/mol. The van der Waals surface area contributed by atoms with Crippen molar-refractivity contribution in [3.05, 3.63) is 106 Å². The van der Waals surface area contributed by atoms with Crippen molar-refractivity contribution >= 4 is 43.7 Å². The van der Waals surface area contributed by atoms with Crippen molar-refractivity contribution in [3.8, 4) is 23.0 Å². The van der Waals surface area contributed by atoms with Gasteiger partial charge in [0.25, 0.3) is 0 Å². The van der Waals surface area contributed by atoms with Crippen LogP contribution in [0, 0.1) is 18.3 Å². The van der Waals surface area contributed by atoms with Gasteiger partial charge in [0, 0.05) is 33.3 Å². The number of nitriles is 1. The molecule has 0 aliphatic rings. The number of fused-ring (bicyclic) bond motifs is 6. The Morgan fingerprint density at radius 3 is 1.65 bits per heavy atom. The number of nitrogens with zero attached hydrogens (tertiary/aromatic N) is 3. The third-order valence-corrected chi connectivity index (χ3v) is 10.6. The van der Waals surface area contributed by atoms with Crippen molar-refractivity contribution in [1.82, 2.24) is 9.55 Å². The molecule has 0 spiro atoms. The number of furan rings is 1. The Bertz CT molecular complexity index is 2500. The van der Waals surface area contributed by atoms with Crippen molar-refractivity contribution in [2.24, 2.45) is 0 Å². The fourth-order valence-corrected chi connectivity index (χ4v) is 7.75. The van der Waals surface area contributed by atoms with E-state index in [2.05, 4.69) is 161 Å². The molecule has 3 aromatic heterocycles. The largest absolute Gasteiger partial charge is 0.453 e. The maximum Gasteiger partial charge on any atom is 0.160 e. The summed E-state index contributed by atoms with van der Waals surface area (Å²) in [4.78, 5) is 5.02. The standard InChI is InChI=1S/C47H51N3O/c1-27-22-37(49-26-36(27)47(11,12)13)33-20-21-35(46(8,9)10)40-34-17-14-28(25-48)41(43(34)51-42(33)40)50-38-23-29(44(2,3)4)15-18-31(38)32-19-16-30(24-39(32)50)45(5,6)7/h14-24,26H,1-13H3. The molecule has 0 fully saturated rings. The van der Waals surface area contributed by atoms with Crippen LogP contribution in [0.2, 0.25) is 0 Å². The van der Waals surface area contributed by atoms with Crippen LogP contribution in [0.1, 0.15) is 116 Å². The Morgan fingerprint density at radius 1 is 0.608 bits per heavy atom. The molecule has 260 valence electrons. The van der Waals surface area contributed by atoms with E-state index in [1.807, 2.05) is 12.3 Å². The van der Waals surface area contributed by atoms with Gasteiger partial charge >= 0.3 is 0 Å². The lowest BCUT2D eigenvalue weighted by Gasteiger charge is -2.22. The minimum Gasteiger partial charge on any atom is -0.453 e. The van der Waals surface area contributed by atoms with E-state index in [4.69, 9.17) is 9.40 Å². The first kappa shape index (κ1) is 34.6. The third-order valence-electron chi connectivity index (χ3n) is 10.6. The lowest BCUT2D eigenvalue weighted by atomic mass is 9.82. The van der Waals surface area contributed by atoms with E-state index in [9.17, 15) is 5.26 Å².